The van der Waals surface area contributed by atoms with Crippen LogP contribution in [-0.2, 0) is 0 Å². The van der Waals surface area contributed by atoms with Gasteiger partial charge in [-0.15, -0.1) is 0 Å². The highest BCUT2D eigenvalue weighted by Gasteiger charge is 2.17. The molecule has 21 heavy (non-hydrogen) atoms. The third kappa shape index (κ3) is 2.60. The van der Waals surface area contributed by atoms with Gasteiger partial charge in [-0.3, -0.25) is 0 Å². The molecule has 0 aliphatic heterocycles. The number of hydrogen-bond donors (Lipinski definition) is 1. The van der Waals surface area contributed by atoms with Gasteiger partial charge in [0, 0.05) is 16.5 Å². The number of nitrogens with two attached hydrogens (primary N) is 1. The predicted octanol–water partition coefficient (Wildman–Crippen LogP) is 4.28. The second kappa shape index (κ2) is 5.39. The minimum Gasteiger partial charge on any atom is -0.497 e. The minimum atomic E-state index is -0.559. The zero-order valence-electron chi connectivity index (χ0n) is 11.3. The van der Waals surface area contributed by atoms with E-state index in [2.05, 4.69) is 0 Å². The van der Waals surface area contributed by atoms with Crippen molar-refractivity contribution in [2.45, 2.75) is 6.04 Å². The minimum absolute atomic E-state index is 0.278. The largest absolute Gasteiger partial charge is 0.497 e. The van der Waals surface area contributed by atoms with Crippen LogP contribution in [0.2, 0.25) is 5.02 Å². The lowest BCUT2D eigenvalue weighted by Crippen LogP contribution is -2.11. The topological polar surface area (TPSA) is 48.4 Å². The molecule has 0 aliphatic rings. The first-order chi connectivity index (χ1) is 10.1. The van der Waals surface area contributed by atoms with Gasteiger partial charge in [0.15, 0.2) is 0 Å². The highest BCUT2D eigenvalue weighted by molar-refractivity contribution is 6.31. The first-order valence-electron chi connectivity index (χ1n) is 6.36. The fourth-order valence-corrected chi connectivity index (χ4v) is 2.50. The molecule has 1 aromatic heterocycles. The quantitative estimate of drug-likeness (QED) is 0.785. The number of methoxy groups -OCH3 is 1. The molecule has 1 heterocycles. The van der Waals surface area contributed by atoms with Gasteiger partial charge in [-0.2, -0.15) is 0 Å². The first-order valence-corrected chi connectivity index (χ1v) is 6.74. The van der Waals surface area contributed by atoms with Crippen LogP contribution in [0.3, 0.4) is 0 Å². The Hall–Kier alpha value is -2.04. The molecule has 3 rings (SSSR count). The Bertz CT molecular complexity index is 800. The zero-order chi connectivity index (χ0) is 15.0. The predicted molar refractivity (Wildman–Crippen MR) is 80.2 cm³/mol. The van der Waals surface area contributed by atoms with Crippen LogP contribution < -0.4 is 10.5 Å². The second-order valence-electron chi connectivity index (χ2n) is 4.70. The van der Waals surface area contributed by atoms with Crippen molar-refractivity contribution in [3.8, 4) is 5.75 Å². The van der Waals surface area contributed by atoms with Gasteiger partial charge in [-0.1, -0.05) is 17.7 Å². The van der Waals surface area contributed by atoms with E-state index in [9.17, 15) is 4.39 Å². The van der Waals surface area contributed by atoms with Crippen LogP contribution >= 0.6 is 11.6 Å². The Kier molecular flexibility index (Phi) is 3.57. The molecule has 0 saturated carbocycles. The summed E-state index contributed by atoms with van der Waals surface area (Å²) in [6.45, 7) is 0. The summed E-state index contributed by atoms with van der Waals surface area (Å²) >= 11 is 6.04. The number of hydrogen-bond acceptors (Lipinski definition) is 3. The van der Waals surface area contributed by atoms with Gasteiger partial charge in [0.25, 0.3) is 0 Å². The summed E-state index contributed by atoms with van der Waals surface area (Å²) in [5.41, 5.74) is 7.46. The molecule has 1 atom stereocenters. The molecule has 0 amide bonds. The number of benzene rings is 2. The molecule has 0 saturated heterocycles. The molecule has 0 spiro atoms. The van der Waals surface area contributed by atoms with E-state index in [-0.39, 0.29) is 5.02 Å². The number of halogens is 2. The van der Waals surface area contributed by atoms with Crippen molar-refractivity contribution >= 4 is 22.6 Å². The average Bonchev–Trinajstić information content (AvgIpc) is 2.89. The van der Waals surface area contributed by atoms with Crippen molar-refractivity contribution in [3.05, 3.63) is 64.6 Å². The summed E-state index contributed by atoms with van der Waals surface area (Å²) in [6, 6.07) is 10.9. The fraction of sp³-hybridized carbons (Fsp3) is 0.125. The second-order valence-corrected chi connectivity index (χ2v) is 5.10. The Morgan fingerprint density at radius 3 is 2.71 bits per heavy atom. The maximum Gasteiger partial charge on any atom is 0.138 e. The number of ether oxygens (including phenoxy) is 1. The average molecular weight is 306 g/mol. The molecule has 2 N–H and O–H groups in total. The van der Waals surface area contributed by atoms with Crippen LogP contribution in [-0.4, -0.2) is 7.11 Å². The highest BCUT2D eigenvalue weighted by atomic mass is 35.5. The van der Waals surface area contributed by atoms with Gasteiger partial charge in [0.05, 0.1) is 13.2 Å². The van der Waals surface area contributed by atoms with E-state index in [4.69, 9.17) is 26.5 Å². The van der Waals surface area contributed by atoms with Gasteiger partial charge >= 0.3 is 0 Å². The van der Waals surface area contributed by atoms with Gasteiger partial charge < -0.3 is 14.9 Å². The molecule has 1 unspecified atom stereocenters. The van der Waals surface area contributed by atoms with E-state index < -0.39 is 11.9 Å². The molecule has 3 nitrogen and oxygen atoms in total. The van der Waals surface area contributed by atoms with Crippen molar-refractivity contribution in [1.29, 1.82) is 0 Å². The lowest BCUT2D eigenvalue weighted by molar-refractivity contribution is 0.414. The molecular formula is C16H13ClFNO2. The smallest absolute Gasteiger partial charge is 0.138 e. The fourth-order valence-electron chi connectivity index (χ4n) is 2.22. The molecule has 0 fully saturated rings. The molecule has 5 heteroatoms. The van der Waals surface area contributed by atoms with Crippen LogP contribution in [0, 0.1) is 5.82 Å². The Morgan fingerprint density at radius 2 is 2.00 bits per heavy atom. The van der Waals surface area contributed by atoms with Gasteiger partial charge in [0.2, 0.25) is 0 Å². The summed E-state index contributed by atoms with van der Waals surface area (Å²) in [6.07, 6.45) is 0. The number of rotatable bonds is 3. The van der Waals surface area contributed by atoms with Crippen molar-refractivity contribution < 1.29 is 13.5 Å². The molecule has 0 radical (unpaired) electrons. The van der Waals surface area contributed by atoms with E-state index in [1.165, 1.54) is 12.1 Å². The van der Waals surface area contributed by atoms with E-state index in [0.717, 1.165) is 5.39 Å². The lowest BCUT2D eigenvalue weighted by atomic mass is 10.1. The third-order valence-electron chi connectivity index (χ3n) is 3.35. The third-order valence-corrected chi connectivity index (χ3v) is 3.68. The summed E-state index contributed by atoms with van der Waals surface area (Å²) in [7, 11) is 1.59. The van der Waals surface area contributed by atoms with Crippen LogP contribution in [0.25, 0.3) is 11.0 Å². The molecule has 3 aromatic rings. The summed E-state index contributed by atoms with van der Waals surface area (Å²) in [4.78, 5) is 0. The van der Waals surface area contributed by atoms with Gasteiger partial charge in [0.1, 0.15) is 22.9 Å². The summed E-state index contributed by atoms with van der Waals surface area (Å²) < 4.78 is 24.0. The lowest BCUT2D eigenvalue weighted by Gasteiger charge is -2.10. The van der Waals surface area contributed by atoms with Crippen LogP contribution in [0.1, 0.15) is 17.4 Å². The molecule has 2 aromatic carbocycles. The molecule has 0 bridgehead atoms. The Labute approximate surface area is 126 Å². The Balaban J connectivity index is 2.02. The molecule has 0 aliphatic carbocycles. The van der Waals surface area contributed by atoms with Crippen LogP contribution in [0.15, 0.2) is 46.9 Å². The normalized spacial score (nSPS) is 12.6. The van der Waals surface area contributed by atoms with Crippen molar-refractivity contribution in [3.63, 3.8) is 0 Å². The highest BCUT2D eigenvalue weighted by Crippen LogP contribution is 2.32. The number of furan rings is 1. The standard InChI is InChI=1S/C16H13ClFNO2/c1-20-11-4-2-9-6-15(21-14(9)8-11)16(19)12-5-3-10(18)7-13(12)17/h2-8,16H,19H2,1H3. The zero-order valence-corrected chi connectivity index (χ0v) is 12.0. The van der Waals surface area contributed by atoms with Crippen LogP contribution in [0.4, 0.5) is 4.39 Å². The molecule has 108 valence electrons. The summed E-state index contributed by atoms with van der Waals surface area (Å²) in [5, 5.41) is 1.19. The monoisotopic (exact) mass is 305 g/mol. The van der Waals surface area contributed by atoms with E-state index >= 15 is 0 Å². The van der Waals surface area contributed by atoms with E-state index in [1.54, 1.807) is 19.2 Å². The molecular weight excluding hydrogens is 293 g/mol. The van der Waals surface area contributed by atoms with E-state index in [0.29, 0.717) is 22.7 Å². The maximum absolute atomic E-state index is 13.1. The van der Waals surface area contributed by atoms with Crippen molar-refractivity contribution in [1.82, 2.24) is 0 Å². The van der Waals surface area contributed by atoms with Crippen molar-refractivity contribution in [2.24, 2.45) is 5.73 Å². The summed E-state index contributed by atoms with van der Waals surface area (Å²) in [5.74, 6) is 0.869. The first kappa shape index (κ1) is 13.9. The van der Waals surface area contributed by atoms with Crippen LogP contribution in [0.5, 0.6) is 5.75 Å². The SMILES string of the molecule is COc1ccc2cc(C(N)c3ccc(F)cc3Cl)oc2c1. The van der Waals surface area contributed by atoms with Gasteiger partial charge in [-0.05, 0) is 35.9 Å². The van der Waals surface area contributed by atoms with E-state index in [1.807, 2.05) is 18.2 Å². The van der Waals surface area contributed by atoms with Gasteiger partial charge in [-0.25, -0.2) is 4.39 Å². The van der Waals surface area contributed by atoms with Crippen molar-refractivity contribution in [2.75, 3.05) is 7.11 Å². The maximum atomic E-state index is 13.1. The number of fused-ring (bicyclic) bond motifs is 1. The Morgan fingerprint density at radius 1 is 1.19 bits per heavy atom.